The number of hydrogen-bond donors (Lipinski definition) is 0. The van der Waals surface area contributed by atoms with Gasteiger partial charge in [0.05, 0.1) is 4.90 Å². The van der Waals surface area contributed by atoms with Crippen LogP contribution in [0.1, 0.15) is 19.4 Å². The third kappa shape index (κ3) is 5.16. The maximum atomic E-state index is 12.6. The van der Waals surface area contributed by atoms with Gasteiger partial charge in [0.15, 0.2) is 0 Å². The molecule has 0 amide bonds. The van der Waals surface area contributed by atoms with E-state index in [1.165, 1.54) is 25.1 Å². The number of rotatable bonds is 5. The Kier molecular flexibility index (Phi) is 5.69. The monoisotopic (exact) mass is 343 g/mol. The Morgan fingerprint density at radius 1 is 1.29 bits per heavy atom. The average molecular weight is 344 g/mol. The van der Waals surface area contributed by atoms with Crippen LogP contribution < -0.4 is 0 Å². The van der Waals surface area contributed by atoms with Crippen molar-refractivity contribution in [3.63, 3.8) is 0 Å². The third-order valence-corrected chi connectivity index (χ3v) is 4.88. The van der Waals surface area contributed by atoms with E-state index in [1.807, 2.05) is 0 Å². The van der Waals surface area contributed by atoms with Crippen molar-refractivity contribution >= 4 is 21.6 Å². The van der Waals surface area contributed by atoms with Crippen LogP contribution in [0.15, 0.2) is 23.1 Å². The maximum absolute atomic E-state index is 12.6. The first kappa shape index (κ1) is 18.3. The molecule has 120 valence electrons. The molecule has 3 nitrogen and oxygen atoms in total. The van der Waals surface area contributed by atoms with Crippen molar-refractivity contribution in [2.45, 2.75) is 31.8 Å². The van der Waals surface area contributed by atoms with E-state index in [1.54, 1.807) is 13.8 Å². The first-order chi connectivity index (χ1) is 9.43. The second-order valence-corrected chi connectivity index (χ2v) is 7.56. The lowest BCUT2D eigenvalue weighted by Crippen LogP contribution is -2.41. The van der Waals surface area contributed by atoms with Crippen LogP contribution in [-0.4, -0.2) is 32.0 Å². The first-order valence-electron chi connectivity index (χ1n) is 6.26. The van der Waals surface area contributed by atoms with E-state index < -0.39 is 22.7 Å². The highest BCUT2D eigenvalue weighted by atomic mass is 35.5. The van der Waals surface area contributed by atoms with Crippen LogP contribution >= 0.6 is 11.6 Å². The molecule has 0 aromatic heterocycles. The molecule has 0 unspecified atom stereocenters. The summed E-state index contributed by atoms with van der Waals surface area (Å²) in [6.07, 6.45) is -4.60. The first-order valence-corrected chi connectivity index (χ1v) is 8.08. The largest absolute Gasteiger partial charge is 0.402 e. The van der Waals surface area contributed by atoms with Crippen LogP contribution in [0, 0.1) is 12.8 Å². The molecule has 0 heterocycles. The fourth-order valence-electron chi connectivity index (χ4n) is 1.85. The Bertz CT molecular complexity index is 600. The van der Waals surface area contributed by atoms with Crippen molar-refractivity contribution in [1.82, 2.24) is 4.31 Å². The van der Waals surface area contributed by atoms with Crippen molar-refractivity contribution in [2.24, 2.45) is 5.92 Å². The Morgan fingerprint density at radius 3 is 2.33 bits per heavy atom. The van der Waals surface area contributed by atoms with Gasteiger partial charge in [-0.15, -0.1) is 0 Å². The SMILES string of the molecule is Cc1ccc(Cl)cc1S(=O)(=O)N(CC(C)C)CC(F)(F)F. The Hall–Kier alpha value is -0.790. The highest BCUT2D eigenvalue weighted by Gasteiger charge is 2.37. The lowest BCUT2D eigenvalue weighted by atomic mass is 10.2. The van der Waals surface area contributed by atoms with Gasteiger partial charge in [0.25, 0.3) is 0 Å². The Balaban J connectivity index is 3.29. The number of sulfonamides is 1. The van der Waals surface area contributed by atoms with E-state index in [-0.39, 0.29) is 22.4 Å². The number of alkyl halides is 3. The minimum Gasteiger partial charge on any atom is -0.207 e. The van der Waals surface area contributed by atoms with Gasteiger partial charge in [-0.25, -0.2) is 8.42 Å². The Morgan fingerprint density at radius 2 is 1.86 bits per heavy atom. The predicted molar refractivity (Wildman–Crippen MR) is 75.8 cm³/mol. The van der Waals surface area contributed by atoms with Gasteiger partial charge in [-0.2, -0.15) is 17.5 Å². The van der Waals surface area contributed by atoms with Gasteiger partial charge in [-0.1, -0.05) is 31.5 Å². The molecular formula is C13H17ClF3NO2S. The number of benzene rings is 1. The number of nitrogens with zero attached hydrogens (tertiary/aromatic N) is 1. The minimum atomic E-state index is -4.60. The van der Waals surface area contributed by atoms with Crippen LogP contribution in [0.5, 0.6) is 0 Å². The molecule has 0 bridgehead atoms. The van der Waals surface area contributed by atoms with Gasteiger partial charge in [0.2, 0.25) is 10.0 Å². The quantitative estimate of drug-likeness (QED) is 0.814. The van der Waals surface area contributed by atoms with E-state index in [0.717, 1.165) is 0 Å². The van der Waals surface area contributed by atoms with Crippen molar-refractivity contribution < 1.29 is 21.6 Å². The molecule has 0 saturated heterocycles. The zero-order valence-corrected chi connectivity index (χ0v) is 13.5. The van der Waals surface area contributed by atoms with E-state index in [0.29, 0.717) is 9.87 Å². The highest BCUT2D eigenvalue weighted by Crippen LogP contribution is 2.27. The average Bonchev–Trinajstić information content (AvgIpc) is 2.29. The van der Waals surface area contributed by atoms with Gasteiger partial charge in [-0.05, 0) is 30.5 Å². The summed E-state index contributed by atoms with van der Waals surface area (Å²) in [7, 11) is -4.25. The third-order valence-electron chi connectivity index (χ3n) is 2.69. The van der Waals surface area contributed by atoms with Gasteiger partial charge in [0.1, 0.15) is 6.54 Å². The summed E-state index contributed by atoms with van der Waals surface area (Å²) in [6, 6.07) is 4.14. The molecule has 21 heavy (non-hydrogen) atoms. The summed E-state index contributed by atoms with van der Waals surface area (Å²) < 4.78 is 63.4. The molecule has 1 aromatic rings. The summed E-state index contributed by atoms with van der Waals surface area (Å²) >= 11 is 5.76. The summed E-state index contributed by atoms with van der Waals surface area (Å²) in [5, 5.41) is 0.163. The van der Waals surface area contributed by atoms with E-state index >= 15 is 0 Å². The van der Waals surface area contributed by atoms with Crippen molar-refractivity contribution in [3.8, 4) is 0 Å². The van der Waals surface area contributed by atoms with Gasteiger partial charge in [0, 0.05) is 11.6 Å². The van der Waals surface area contributed by atoms with Crippen LogP contribution in [0.2, 0.25) is 5.02 Å². The van der Waals surface area contributed by atoms with Gasteiger partial charge < -0.3 is 0 Å². The second-order valence-electron chi connectivity index (χ2n) is 5.22. The Labute approximate surface area is 127 Å². The molecule has 1 aromatic carbocycles. The second kappa shape index (κ2) is 6.54. The van der Waals surface area contributed by atoms with Crippen molar-refractivity contribution in [2.75, 3.05) is 13.1 Å². The molecule has 0 spiro atoms. The highest BCUT2D eigenvalue weighted by molar-refractivity contribution is 7.89. The molecule has 0 fully saturated rings. The number of halogens is 4. The molecule has 0 N–H and O–H groups in total. The molecule has 0 radical (unpaired) electrons. The lowest BCUT2D eigenvalue weighted by molar-refractivity contribution is -0.136. The summed E-state index contributed by atoms with van der Waals surface area (Å²) in [5.41, 5.74) is 0.357. The molecule has 1 rings (SSSR count). The molecule has 0 atom stereocenters. The smallest absolute Gasteiger partial charge is 0.207 e. The maximum Gasteiger partial charge on any atom is 0.402 e. The lowest BCUT2D eigenvalue weighted by Gasteiger charge is -2.25. The standard InChI is InChI=1S/C13H17ClF3NO2S/c1-9(2)7-18(8-13(15,16)17)21(19,20)12-6-11(14)5-4-10(12)3/h4-6,9H,7-8H2,1-3H3. The fourth-order valence-corrected chi connectivity index (χ4v) is 3.92. The zero-order chi connectivity index (χ0) is 16.4. The molecule has 0 aliphatic rings. The number of hydrogen-bond acceptors (Lipinski definition) is 2. The number of aryl methyl sites for hydroxylation is 1. The van der Waals surface area contributed by atoms with Crippen LogP contribution in [0.4, 0.5) is 13.2 Å². The summed E-state index contributed by atoms with van der Waals surface area (Å²) in [6.45, 7) is 3.10. The normalized spacial score (nSPS) is 13.2. The van der Waals surface area contributed by atoms with E-state index in [9.17, 15) is 21.6 Å². The van der Waals surface area contributed by atoms with Crippen molar-refractivity contribution in [3.05, 3.63) is 28.8 Å². The fraction of sp³-hybridized carbons (Fsp3) is 0.538. The summed E-state index contributed by atoms with van der Waals surface area (Å²) in [5.74, 6) is -0.235. The van der Waals surface area contributed by atoms with Crippen LogP contribution in [-0.2, 0) is 10.0 Å². The van der Waals surface area contributed by atoms with E-state index in [2.05, 4.69) is 0 Å². The predicted octanol–water partition coefficient (Wildman–Crippen LogP) is 3.86. The van der Waals surface area contributed by atoms with E-state index in [4.69, 9.17) is 11.6 Å². The van der Waals surface area contributed by atoms with Crippen LogP contribution in [0.25, 0.3) is 0 Å². The van der Waals surface area contributed by atoms with Crippen LogP contribution in [0.3, 0.4) is 0 Å². The summed E-state index contributed by atoms with van der Waals surface area (Å²) in [4.78, 5) is -0.195. The van der Waals surface area contributed by atoms with Gasteiger partial charge in [-0.3, -0.25) is 0 Å². The minimum absolute atomic E-state index is 0.163. The molecule has 0 aliphatic carbocycles. The van der Waals surface area contributed by atoms with Gasteiger partial charge >= 0.3 is 6.18 Å². The molecular weight excluding hydrogens is 327 g/mol. The topological polar surface area (TPSA) is 37.4 Å². The zero-order valence-electron chi connectivity index (χ0n) is 11.9. The molecule has 0 saturated carbocycles. The molecule has 8 heteroatoms. The molecule has 0 aliphatic heterocycles. The van der Waals surface area contributed by atoms with Crippen molar-refractivity contribution in [1.29, 1.82) is 0 Å².